The van der Waals surface area contributed by atoms with Crippen LogP contribution in [0.5, 0.6) is 0 Å². The monoisotopic (exact) mass is 320 g/mol. The highest BCUT2D eigenvalue weighted by molar-refractivity contribution is 9.10. The molecular formula is C14H17BrN4. The van der Waals surface area contributed by atoms with Crippen LogP contribution in [-0.2, 0) is 0 Å². The van der Waals surface area contributed by atoms with Gasteiger partial charge in [-0.15, -0.1) is 0 Å². The van der Waals surface area contributed by atoms with Crippen LogP contribution < -0.4 is 11.6 Å². The first-order chi connectivity index (χ1) is 9.18. The standard InChI is InChI=1S/C14H17BrN4/c15-11-8-4-3-7-10(11)12-13(16)19(17)14(18-12)9-5-1-2-6-9/h3-4,7-9H,1-2,5-6,16-17H2. The molecule has 0 atom stereocenters. The van der Waals surface area contributed by atoms with Gasteiger partial charge in [0, 0.05) is 16.0 Å². The first-order valence-electron chi connectivity index (χ1n) is 6.56. The van der Waals surface area contributed by atoms with E-state index in [9.17, 15) is 0 Å². The summed E-state index contributed by atoms with van der Waals surface area (Å²) in [5.74, 6) is 7.99. The molecule has 0 spiro atoms. The molecule has 1 saturated carbocycles. The Morgan fingerprint density at radius 1 is 1.21 bits per heavy atom. The van der Waals surface area contributed by atoms with Crippen molar-refractivity contribution in [3.05, 3.63) is 34.6 Å². The molecule has 0 unspecified atom stereocenters. The molecule has 5 heteroatoms. The fraction of sp³-hybridized carbons (Fsp3) is 0.357. The molecule has 4 N–H and O–H groups in total. The second kappa shape index (κ2) is 4.89. The van der Waals surface area contributed by atoms with Gasteiger partial charge in [-0.3, -0.25) is 0 Å². The Hall–Kier alpha value is -1.49. The summed E-state index contributed by atoms with van der Waals surface area (Å²) in [6.45, 7) is 0. The number of benzene rings is 1. The lowest BCUT2D eigenvalue weighted by Crippen LogP contribution is -2.17. The van der Waals surface area contributed by atoms with Gasteiger partial charge in [0.2, 0.25) is 0 Å². The van der Waals surface area contributed by atoms with Crippen molar-refractivity contribution in [2.24, 2.45) is 0 Å². The van der Waals surface area contributed by atoms with Crippen LogP contribution in [0.25, 0.3) is 11.3 Å². The molecule has 4 nitrogen and oxygen atoms in total. The molecule has 3 rings (SSSR count). The molecule has 1 heterocycles. The Balaban J connectivity index is 2.08. The number of hydrogen-bond acceptors (Lipinski definition) is 3. The minimum Gasteiger partial charge on any atom is -0.382 e. The summed E-state index contributed by atoms with van der Waals surface area (Å²) < 4.78 is 2.54. The van der Waals surface area contributed by atoms with E-state index < -0.39 is 0 Å². The van der Waals surface area contributed by atoms with Crippen LogP contribution >= 0.6 is 15.9 Å². The molecule has 100 valence electrons. The largest absolute Gasteiger partial charge is 0.382 e. The highest BCUT2D eigenvalue weighted by Crippen LogP contribution is 2.37. The third kappa shape index (κ3) is 2.12. The topological polar surface area (TPSA) is 69.9 Å². The lowest BCUT2D eigenvalue weighted by molar-refractivity contribution is 0.648. The van der Waals surface area contributed by atoms with E-state index in [1.165, 1.54) is 12.8 Å². The van der Waals surface area contributed by atoms with Crippen LogP contribution in [0.2, 0.25) is 0 Å². The molecule has 0 bridgehead atoms. The highest BCUT2D eigenvalue weighted by Gasteiger charge is 2.25. The molecule has 0 amide bonds. The molecule has 1 aliphatic rings. The zero-order valence-electron chi connectivity index (χ0n) is 10.6. The van der Waals surface area contributed by atoms with Gasteiger partial charge >= 0.3 is 0 Å². The maximum atomic E-state index is 6.13. The fourth-order valence-corrected chi connectivity index (χ4v) is 3.26. The van der Waals surface area contributed by atoms with Gasteiger partial charge in [-0.05, 0) is 18.9 Å². The van der Waals surface area contributed by atoms with E-state index in [1.807, 2.05) is 24.3 Å². The molecule has 0 saturated heterocycles. The molecule has 2 aromatic rings. The average molecular weight is 321 g/mol. The third-order valence-corrected chi connectivity index (χ3v) is 4.52. The number of halogens is 1. The number of nitrogens with zero attached hydrogens (tertiary/aromatic N) is 2. The van der Waals surface area contributed by atoms with Crippen LogP contribution in [0.4, 0.5) is 5.82 Å². The molecule has 1 aliphatic carbocycles. The second-order valence-corrected chi connectivity index (χ2v) is 5.89. The Morgan fingerprint density at radius 3 is 2.58 bits per heavy atom. The van der Waals surface area contributed by atoms with Gasteiger partial charge in [0.1, 0.15) is 11.5 Å². The van der Waals surface area contributed by atoms with Gasteiger partial charge in [-0.25, -0.2) is 9.66 Å². The predicted molar refractivity (Wildman–Crippen MR) is 81.1 cm³/mol. The summed E-state index contributed by atoms with van der Waals surface area (Å²) >= 11 is 3.54. The van der Waals surface area contributed by atoms with Crippen molar-refractivity contribution < 1.29 is 0 Å². The molecule has 1 fully saturated rings. The van der Waals surface area contributed by atoms with Crippen molar-refractivity contribution in [2.45, 2.75) is 31.6 Å². The number of hydrogen-bond donors (Lipinski definition) is 2. The Morgan fingerprint density at radius 2 is 1.89 bits per heavy atom. The summed E-state index contributed by atoms with van der Waals surface area (Å²) in [5, 5.41) is 0. The molecule has 19 heavy (non-hydrogen) atoms. The SMILES string of the molecule is Nc1c(-c2ccccc2Br)nc(C2CCCC2)n1N. The number of aromatic nitrogens is 2. The second-order valence-electron chi connectivity index (χ2n) is 5.04. The first kappa shape index (κ1) is 12.5. The summed E-state index contributed by atoms with van der Waals surface area (Å²) in [7, 11) is 0. The van der Waals surface area contributed by atoms with E-state index >= 15 is 0 Å². The maximum absolute atomic E-state index is 6.13. The van der Waals surface area contributed by atoms with Gasteiger partial charge in [-0.1, -0.05) is 47.0 Å². The van der Waals surface area contributed by atoms with Crippen LogP contribution in [0.1, 0.15) is 37.4 Å². The van der Waals surface area contributed by atoms with Gasteiger partial charge in [0.05, 0.1) is 0 Å². The van der Waals surface area contributed by atoms with E-state index in [2.05, 4.69) is 15.9 Å². The Labute approximate surface area is 120 Å². The fourth-order valence-electron chi connectivity index (χ4n) is 2.79. The van der Waals surface area contributed by atoms with Gasteiger partial charge in [0.15, 0.2) is 5.82 Å². The van der Waals surface area contributed by atoms with Crippen LogP contribution in [0, 0.1) is 0 Å². The Kier molecular flexibility index (Phi) is 3.22. The normalized spacial score (nSPS) is 16.1. The smallest absolute Gasteiger partial charge is 0.150 e. The third-order valence-electron chi connectivity index (χ3n) is 3.82. The quantitative estimate of drug-likeness (QED) is 0.834. The van der Waals surface area contributed by atoms with E-state index in [4.69, 9.17) is 16.6 Å². The zero-order valence-corrected chi connectivity index (χ0v) is 12.2. The van der Waals surface area contributed by atoms with Crippen LogP contribution in [-0.4, -0.2) is 9.66 Å². The summed E-state index contributed by atoms with van der Waals surface area (Å²) in [6, 6.07) is 7.94. The van der Waals surface area contributed by atoms with E-state index in [1.54, 1.807) is 4.68 Å². The predicted octanol–water partition coefficient (Wildman–Crippen LogP) is 3.27. The van der Waals surface area contributed by atoms with Crippen LogP contribution in [0.15, 0.2) is 28.7 Å². The maximum Gasteiger partial charge on any atom is 0.150 e. The minimum absolute atomic E-state index is 0.448. The average Bonchev–Trinajstić information content (AvgIpc) is 3.02. The summed E-state index contributed by atoms with van der Waals surface area (Å²) in [4.78, 5) is 4.71. The van der Waals surface area contributed by atoms with Crippen molar-refractivity contribution in [3.8, 4) is 11.3 Å². The summed E-state index contributed by atoms with van der Waals surface area (Å²) in [5.41, 5.74) is 7.89. The molecule has 0 radical (unpaired) electrons. The molecule has 0 aliphatic heterocycles. The number of anilines is 1. The van der Waals surface area contributed by atoms with Crippen molar-refractivity contribution in [3.63, 3.8) is 0 Å². The van der Waals surface area contributed by atoms with Crippen molar-refractivity contribution in [1.29, 1.82) is 0 Å². The van der Waals surface area contributed by atoms with Gasteiger partial charge in [-0.2, -0.15) is 0 Å². The lowest BCUT2D eigenvalue weighted by atomic mass is 10.1. The van der Waals surface area contributed by atoms with Crippen molar-refractivity contribution in [1.82, 2.24) is 9.66 Å². The van der Waals surface area contributed by atoms with Gasteiger partial charge in [0.25, 0.3) is 0 Å². The number of rotatable bonds is 2. The minimum atomic E-state index is 0.448. The van der Waals surface area contributed by atoms with Crippen LogP contribution in [0.3, 0.4) is 0 Å². The Bertz CT molecular complexity index is 599. The molecule has 1 aromatic heterocycles. The number of imidazole rings is 1. The molecule has 1 aromatic carbocycles. The summed E-state index contributed by atoms with van der Waals surface area (Å²) in [6.07, 6.45) is 4.82. The first-order valence-corrected chi connectivity index (χ1v) is 7.36. The van der Waals surface area contributed by atoms with Gasteiger partial charge < -0.3 is 11.6 Å². The highest BCUT2D eigenvalue weighted by atomic mass is 79.9. The lowest BCUT2D eigenvalue weighted by Gasteiger charge is -2.08. The number of nitrogens with two attached hydrogens (primary N) is 2. The van der Waals surface area contributed by atoms with E-state index in [-0.39, 0.29) is 0 Å². The van der Waals surface area contributed by atoms with Crippen molar-refractivity contribution in [2.75, 3.05) is 11.6 Å². The van der Waals surface area contributed by atoms with Crippen molar-refractivity contribution >= 4 is 21.7 Å². The zero-order chi connectivity index (χ0) is 13.4. The van der Waals surface area contributed by atoms with E-state index in [0.29, 0.717) is 11.7 Å². The number of nitrogen functional groups attached to an aromatic ring is 2. The van der Waals surface area contributed by atoms with E-state index in [0.717, 1.165) is 34.4 Å². The molecular weight excluding hydrogens is 304 g/mol.